The summed E-state index contributed by atoms with van der Waals surface area (Å²) < 4.78 is 0. The second kappa shape index (κ2) is 9.99. The van der Waals surface area contributed by atoms with E-state index in [9.17, 15) is 0 Å². The fraction of sp³-hybridized carbons (Fsp3) is 0.750. The van der Waals surface area contributed by atoms with Crippen molar-refractivity contribution in [1.82, 2.24) is 10.6 Å². The predicted molar refractivity (Wildman–Crippen MR) is 67.1 cm³/mol. The molecule has 0 aliphatic carbocycles. The molecule has 0 fully saturated rings. The van der Waals surface area contributed by atoms with E-state index in [1.165, 1.54) is 0 Å². The Morgan fingerprint density at radius 2 is 1.06 bits per heavy atom. The average Bonchev–Trinajstić information content (AvgIpc) is 2.20. The fourth-order valence-electron chi connectivity index (χ4n) is 0.955. The molecule has 10 N–H and O–H groups in total. The van der Waals surface area contributed by atoms with Crippen molar-refractivity contribution in [3.63, 3.8) is 0 Å². The standard InChI is InChI=1S/C8H22N8/c9-7(10)15-5-3-13-1-2-14-4-6-16-8(11)12/h13-14H,1-6H2,(H4,9,10,15)(H4,11,12,16). The van der Waals surface area contributed by atoms with Crippen molar-refractivity contribution in [1.29, 1.82) is 0 Å². The van der Waals surface area contributed by atoms with E-state index in [2.05, 4.69) is 20.6 Å². The molecule has 0 bridgehead atoms. The molecule has 0 spiro atoms. The normalized spacial score (nSPS) is 9.75. The highest BCUT2D eigenvalue weighted by molar-refractivity contribution is 5.75. The highest BCUT2D eigenvalue weighted by atomic mass is 15.0. The lowest BCUT2D eigenvalue weighted by molar-refractivity contribution is 0.618. The van der Waals surface area contributed by atoms with Gasteiger partial charge in [-0.15, -0.1) is 0 Å². The quantitative estimate of drug-likeness (QED) is 0.139. The summed E-state index contributed by atoms with van der Waals surface area (Å²) in [4.78, 5) is 7.67. The zero-order valence-electron chi connectivity index (χ0n) is 9.45. The zero-order chi connectivity index (χ0) is 12.2. The lowest BCUT2D eigenvalue weighted by atomic mass is 10.5. The van der Waals surface area contributed by atoms with Crippen molar-refractivity contribution in [2.24, 2.45) is 32.9 Å². The SMILES string of the molecule is NC(N)=NCCNCCNCCN=C(N)N. The van der Waals surface area contributed by atoms with E-state index < -0.39 is 0 Å². The fourth-order valence-corrected chi connectivity index (χ4v) is 0.955. The van der Waals surface area contributed by atoms with Crippen LogP contribution in [-0.2, 0) is 0 Å². The first-order chi connectivity index (χ1) is 7.63. The van der Waals surface area contributed by atoms with Crippen LogP contribution in [-0.4, -0.2) is 51.2 Å². The first kappa shape index (κ1) is 14.5. The van der Waals surface area contributed by atoms with Crippen molar-refractivity contribution in [3.8, 4) is 0 Å². The molecule has 94 valence electrons. The molecule has 16 heavy (non-hydrogen) atoms. The summed E-state index contributed by atoms with van der Waals surface area (Å²) in [6.07, 6.45) is 0. The monoisotopic (exact) mass is 230 g/mol. The van der Waals surface area contributed by atoms with Gasteiger partial charge in [-0.05, 0) is 0 Å². The Hall–Kier alpha value is -1.54. The predicted octanol–water partition coefficient (Wildman–Crippen LogP) is -3.29. The Labute approximate surface area is 95.5 Å². The third-order valence-electron chi connectivity index (χ3n) is 1.64. The molecule has 0 radical (unpaired) electrons. The molecule has 0 atom stereocenters. The molecule has 0 aromatic carbocycles. The van der Waals surface area contributed by atoms with Gasteiger partial charge < -0.3 is 33.6 Å². The minimum atomic E-state index is 0.122. The number of nitrogens with zero attached hydrogens (tertiary/aromatic N) is 2. The summed E-state index contributed by atoms with van der Waals surface area (Å²) >= 11 is 0. The van der Waals surface area contributed by atoms with Crippen LogP contribution in [0.3, 0.4) is 0 Å². The highest BCUT2D eigenvalue weighted by Gasteiger charge is 1.88. The number of rotatable bonds is 9. The largest absolute Gasteiger partial charge is 0.370 e. The van der Waals surface area contributed by atoms with Gasteiger partial charge in [-0.2, -0.15) is 0 Å². The molecule has 0 saturated carbocycles. The van der Waals surface area contributed by atoms with E-state index in [0.29, 0.717) is 13.1 Å². The molecular formula is C8H22N8. The summed E-state index contributed by atoms with van der Waals surface area (Å²) in [5, 5.41) is 6.35. The van der Waals surface area contributed by atoms with Crippen molar-refractivity contribution in [3.05, 3.63) is 0 Å². The molecule has 8 nitrogen and oxygen atoms in total. The summed E-state index contributed by atoms with van der Waals surface area (Å²) in [5.41, 5.74) is 20.7. The number of nitrogens with one attached hydrogen (secondary N) is 2. The molecule has 0 aromatic rings. The van der Waals surface area contributed by atoms with Gasteiger partial charge >= 0.3 is 0 Å². The smallest absolute Gasteiger partial charge is 0.185 e. The Morgan fingerprint density at radius 1 is 0.688 bits per heavy atom. The van der Waals surface area contributed by atoms with E-state index >= 15 is 0 Å². The molecule has 0 saturated heterocycles. The maximum Gasteiger partial charge on any atom is 0.185 e. The first-order valence-corrected chi connectivity index (χ1v) is 5.15. The van der Waals surface area contributed by atoms with Crippen LogP contribution in [0.1, 0.15) is 0 Å². The van der Waals surface area contributed by atoms with Crippen molar-refractivity contribution >= 4 is 11.9 Å². The Balaban J connectivity index is 3.10. The van der Waals surface area contributed by atoms with E-state index in [4.69, 9.17) is 22.9 Å². The Morgan fingerprint density at radius 3 is 1.38 bits per heavy atom. The van der Waals surface area contributed by atoms with Gasteiger partial charge in [-0.1, -0.05) is 0 Å². The zero-order valence-corrected chi connectivity index (χ0v) is 9.45. The molecule has 8 heteroatoms. The summed E-state index contributed by atoms with van der Waals surface area (Å²) in [6.45, 7) is 4.40. The van der Waals surface area contributed by atoms with Crippen molar-refractivity contribution < 1.29 is 0 Å². The number of hydrogen-bond acceptors (Lipinski definition) is 4. The van der Waals surface area contributed by atoms with E-state index in [1.807, 2.05) is 0 Å². The summed E-state index contributed by atoms with van der Waals surface area (Å²) in [6, 6.07) is 0. The maximum absolute atomic E-state index is 5.17. The number of nitrogens with two attached hydrogens (primary N) is 4. The third kappa shape index (κ3) is 12.5. The van der Waals surface area contributed by atoms with Crippen LogP contribution in [0.5, 0.6) is 0 Å². The van der Waals surface area contributed by atoms with Crippen LogP contribution in [0.15, 0.2) is 9.98 Å². The van der Waals surface area contributed by atoms with E-state index in [1.54, 1.807) is 0 Å². The van der Waals surface area contributed by atoms with Gasteiger partial charge in [-0.25, -0.2) is 0 Å². The molecule has 0 aliphatic rings. The van der Waals surface area contributed by atoms with Crippen LogP contribution in [0.25, 0.3) is 0 Å². The number of guanidine groups is 2. The summed E-state index contributed by atoms with van der Waals surface area (Å²) in [7, 11) is 0. The Bertz CT molecular complexity index is 192. The molecule has 0 unspecified atom stereocenters. The number of hydrogen-bond donors (Lipinski definition) is 6. The molecule has 0 heterocycles. The van der Waals surface area contributed by atoms with Crippen LogP contribution in [0, 0.1) is 0 Å². The third-order valence-corrected chi connectivity index (χ3v) is 1.64. The van der Waals surface area contributed by atoms with Crippen molar-refractivity contribution in [2.75, 3.05) is 39.3 Å². The minimum absolute atomic E-state index is 0.122. The van der Waals surface area contributed by atoms with Gasteiger partial charge in [0.25, 0.3) is 0 Å². The second-order valence-electron chi connectivity index (χ2n) is 3.11. The molecule has 0 amide bonds. The maximum atomic E-state index is 5.17. The molecule has 0 rings (SSSR count). The van der Waals surface area contributed by atoms with E-state index in [0.717, 1.165) is 26.2 Å². The minimum Gasteiger partial charge on any atom is -0.370 e. The lowest BCUT2D eigenvalue weighted by Gasteiger charge is -2.04. The van der Waals surface area contributed by atoms with Gasteiger partial charge in [-0.3, -0.25) is 9.98 Å². The van der Waals surface area contributed by atoms with Crippen LogP contribution >= 0.6 is 0 Å². The Kier molecular flexibility index (Phi) is 9.03. The van der Waals surface area contributed by atoms with Gasteiger partial charge in [0.15, 0.2) is 11.9 Å². The molecule has 0 aromatic heterocycles. The molecule has 0 aliphatic heterocycles. The number of aliphatic imine (C=N–C) groups is 2. The van der Waals surface area contributed by atoms with Crippen molar-refractivity contribution in [2.45, 2.75) is 0 Å². The van der Waals surface area contributed by atoms with Gasteiger partial charge in [0.1, 0.15) is 0 Å². The topological polar surface area (TPSA) is 153 Å². The van der Waals surface area contributed by atoms with Crippen LogP contribution in [0.2, 0.25) is 0 Å². The van der Waals surface area contributed by atoms with Gasteiger partial charge in [0.05, 0.1) is 13.1 Å². The van der Waals surface area contributed by atoms with Crippen LogP contribution < -0.4 is 33.6 Å². The van der Waals surface area contributed by atoms with Gasteiger partial charge in [0, 0.05) is 26.2 Å². The highest BCUT2D eigenvalue weighted by Crippen LogP contribution is 1.68. The molecular weight excluding hydrogens is 208 g/mol. The van der Waals surface area contributed by atoms with Crippen LogP contribution in [0.4, 0.5) is 0 Å². The lowest BCUT2D eigenvalue weighted by Crippen LogP contribution is -2.31. The second-order valence-corrected chi connectivity index (χ2v) is 3.11. The van der Waals surface area contributed by atoms with E-state index in [-0.39, 0.29) is 11.9 Å². The average molecular weight is 230 g/mol. The van der Waals surface area contributed by atoms with Gasteiger partial charge in [0.2, 0.25) is 0 Å². The first-order valence-electron chi connectivity index (χ1n) is 5.15. The summed E-state index contributed by atoms with van der Waals surface area (Å²) in [5.74, 6) is 0.245.